The number of amides is 2. The summed E-state index contributed by atoms with van der Waals surface area (Å²) in [5.41, 5.74) is 10.6. The fourth-order valence-corrected chi connectivity index (χ4v) is 7.55. The maximum atomic E-state index is 15.0. The summed E-state index contributed by atoms with van der Waals surface area (Å²) in [4.78, 5) is 40.9. The molecule has 4 aromatic rings. The standard InChI is InChI=1S/C50H66N2O4/c1-47(2,3)38-26-18-34(19-27-38)43(35-20-28-39(29-21-35)48(4,5)6)45(53)51-55-56-52(42-16-14-13-15-17-42)46(54)44(36-22-30-40(31-23-36)49(7,8)9)37-24-32-41(33-25-37)50(10,11)12/h18-33,42-44H,13-17H2,1-12H3,(H,51,53). The Kier molecular flexibility index (Phi) is 13.1. The van der Waals surface area contributed by atoms with Crippen molar-refractivity contribution in [1.82, 2.24) is 10.5 Å². The van der Waals surface area contributed by atoms with E-state index in [2.05, 4.69) is 161 Å². The quantitative estimate of drug-likeness (QED) is 0.129. The maximum absolute atomic E-state index is 15.0. The van der Waals surface area contributed by atoms with E-state index >= 15 is 0 Å². The van der Waals surface area contributed by atoms with Gasteiger partial charge >= 0.3 is 0 Å². The third-order valence-corrected chi connectivity index (χ3v) is 11.3. The highest BCUT2D eigenvalue weighted by Crippen LogP contribution is 2.35. The number of rotatable bonds is 10. The van der Waals surface area contributed by atoms with Gasteiger partial charge in [-0.2, -0.15) is 10.5 Å². The number of hydrogen-bond acceptors (Lipinski definition) is 4. The van der Waals surface area contributed by atoms with Gasteiger partial charge in [0.2, 0.25) is 0 Å². The van der Waals surface area contributed by atoms with Gasteiger partial charge < -0.3 is 0 Å². The van der Waals surface area contributed by atoms with Crippen molar-refractivity contribution in [3.63, 3.8) is 0 Å². The van der Waals surface area contributed by atoms with Crippen molar-refractivity contribution < 1.29 is 19.6 Å². The molecule has 0 unspecified atom stereocenters. The first-order chi connectivity index (χ1) is 26.1. The molecule has 1 saturated carbocycles. The molecule has 300 valence electrons. The molecule has 0 radical (unpaired) electrons. The fraction of sp³-hybridized carbons (Fsp3) is 0.480. The van der Waals surface area contributed by atoms with Crippen molar-refractivity contribution >= 4 is 11.8 Å². The van der Waals surface area contributed by atoms with Gasteiger partial charge in [-0.15, -0.1) is 0 Å². The topological polar surface area (TPSA) is 67.9 Å². The molecule has 0 atom stereocenters. The van der Waals surface area contributed by atoms with Crippen LogP contribution in [0.1, 0.15) is 172 Å². The molecule has 0 saturated heterocycles. The molecule has 1 fully saturated rings. The molecule has 6 heteroatoms. The summed E-state index contributed by atoms with van der Waals surface area (Å²) >= 11 is 0. The number of nitrogens with one attached hydrogen (secondary N) is 1. The Balaban J connectivity index is 1.46. The van der Waals surface area contributed by atoms with Crippen LogP contribution in [-0.2, 0) is 41.2 Å². The number of hydrogen-bond donors (Lipinski definition) is 1. The van der Waals surface area contributed by atoms with Gasteiger partial charge in [0.15, 0.2) is 0 Å². The van der Waals surface area contributed by atoms with E-state index in [9.17, 15) is 9.59 Å². The zero-order chi connectivity index (χ0) is 41.1. The second-order valence-electron chi connectivity index (χ2n) is 19.9. The number of nitrogens with zero attached hydrogens (tertiary/aromatic N) is 1. The second-order valence-corrected chi connectivity index (χ2v) is 19.9. The molecule has 56 heavy (non-hydrogen) atoms. The predicted molar refractivity (Wildman–Crippen MR) is 228 cm³/mol. The molecule has 1 aliphatic rings. The van der Waals surface area contributed by atoms with Gasteiger partial charge in [0.1, 0.15) is 0 Å². The summed E-state index contributed by atoms with van der Waals surface area (Å²) in [7, 11) is 0. The lowest BCUT2D eigenvalue weighted by Gasteiger charge is -2.34. The molecule has 0 bridgehead atoms. The summed E-state index contributed by atoms with van der Waals surface area (Å²) < 4.78 is 0. The highest BCUT2D eigenvalue weighted by atomic mass is 17.3. The highest BCUT2D eigenvalue weighted by Gasteiger charge is 2.36. The molecule has 6 nitrogen and oxygen atoms in total. The second kappa shape index (κ2) is 17.1. The van der Waals surface area contributed by atoms with Crippen molar-refractivity contribution in [3.8, 4) is 0 Å². The minimum atomic E-state index is -0.670. The van der Waals surface area contributed by atoms with Crippen LogP contribution in [-0.4, -0.2) is 22.9 Å². The lowest BCUT2D eigenvalue weighted by Crippen LogP contribution is -2.45. The molecular formula is C50H66N2O4. The average molecular weight is 759 g/mol. The van der Waals surface area contributed by atoms with Crippen LogP contribution in [0, 0.1) is 0 Å². The van der Waals surface area contributed by atoms with E-state index < -0.39 is 11.8 Å². The molecule has 0 spiro atoms. The van der Waals surface area contributed by atoms with E-state index in [4.69, 9.17) is 9.98 Å². The third-order valence-electron chi connectivity index (χ3n) is 11.3. The van der Waals surface area contributed by atoms with Crippen LogP contribution in [0.25, 0.3) is 0 Å². The molecule has 0 aromatic heterocycles. The van der Waals surface area contributed by atoms with Crippen LogP contribution >= 0.6 is 0 Å². The maximum Gasteiger partial charge on any atom is 0.260 e. The lowest BCUT2D eigenvalue weighted by molar-refractivity contribution is -0.442. The summed E-state index contributed by atoms with van der Waals surface area (Å²) in [6, 6.07) is 32.9. The molecule has 5 rings (SSSR count). The van der Waals surface area contributed by atoms with Gasteiger partial charge in [0.25, 0.3) is 11.8 Å². The van der Waals surface area contributed by atoms with Gasteiger partial charge in [0.05, 0.1) is 17.9 Å². The predicted octanol–water partition coefficient (Wildman–Crippen LogP) is 11.9. The third kappa shape index (κ3) is 10.6. The number of hydroxylamine groups is 3. The Morgan fingerprint density at radius 2 is 0.804 bits per heavy atom. The van der Waals surface area contributed by atoms with Gasteiger partial charge in [-0.25, -0.2) is 0 Å². The minimum absolute atomic E-state index is 0.0299. The van der Waals surface area contributed by atoms with Crippen LogP contribution in [0.4, 0.5) is 0 Å². The van der Waals surface area contributed by atoms with Crippen molar-refractivity contribution in [2.24, 2.45) is 0 Å². The van der Waals surface area contributed by atoms with Crippen LogP contribution in [0.3, 0.4) is 0 Å². The summed E-state index contributed by atoms with van der Waals surface area (Å²) in [6.07, 6.45) is 4.63. The summed E-state index contributed by atoms with van der Waals surface area (Å²) in [5, 5.41) is 1.39. The van der Waals surface area contributed by atoms with Crippen molar-refractivity contribution in [2.75, 3.05) is 0 Å². The molecule has 1 N–H and O–H groups in total. The zero-order valence-corrected chi connectivity index (χ0v) is 36.1. The normalized spacial score (nSPS) is 14.6. The minimum Gasteiger partial charge on any atom is -0.272 e. The van der Waals surface area contributed by atoms with Crippen LogP contribution in [0.15, 0.2) is 97.1 Å². The number of carbonyl (C=O) groups is 2. The Labute approximate surface area is 337 Å². The first-order valence-corrected chi connectivity index (χ1v) is 20.5. The Morgan fingerprint density at radius 3 is 1.11 bits per heavy atom. The molecule has 0 aliphatic heterocycles. The number of carbonyl (C=O) groups excluding carboxylic acids is 2. The monoisotopic (exact) mass is 759 g/mol. The summed E-state index contributed by atoms with van der Waals surface area (Å²) in [5.74, 6) is -1.93. The van der Waals surface area contributed by atoms with Crippen molar-refractivity contribution in [3.05, 3.63) is 142 Å². The molecule has 1 aliphatic carbocycles. The fourth-order valence-electron chi connectivity index (χ4n) is 7.55. The molecular weight excluding hydrogens is 693 g/mol. The van der Waals surface area contributed by atoms with Crippen molar-refractivity contribution in [2.45, 2.75) is 155 Å². The van der Waals surface area contributed by atoms with Crippen molar-refractivity contribution in [1.29, 1.82) is 0 Å². The van der Waals surface area contributed by atoms with Crippen LogP contribution in [0.5, 0.6) is 0 Å². The largest absolute Gasteiger partial charge is 0.272 e. The van der Waals surface area contributed by atoms with E-state index in [0.717, 1.165) is 54.4 Å². The van der Waals surface area contributed by atoms with E-state index in [0.29, 0.717) is 0 Å². The van der Waals surface area contributed by atoms with Gasteiger partial charge in [-0.05, 0) is 79.0 Å². The highest BCUT2D eigenvalue weighted by molar-refractivity contribution is 5.87. The van der Waals surface area contributed by atoms with E-state index in [1.54, 1.807) is 0 Å². The van der Waals surface area contributed by atoms with Gasteiger partial charge in [-0.1, -0.05) is 209 Å². The Hall–Kier alpha value is -4.26. The number of benzene rings is 4. The van der Waals surface area contributed by atoms with E-state index in [1.165, 1.54) is 27.3 Å². The lowest BCUT2D eigenvalue weighted by atomic mass is 9.82. The molecule has 4 aromatic carbocycles. The van der Waals surface area contributed by atoms with Crippen LogP contribution in [0.2, 0.25) is 0 Å². The first kappa shape index (κ1) is 42.9. The Bertz CT molecular complexity index is 1780. The molecule has 0 heterocycles. The zero-order valence-electron chi connectivity index (χ0n) is 36.1. The van der Waals surface area contributed by atoms with E-state index in [-0.39, 0.29) is 39.5 Å². The Morgan fingerprint density at radius 1 is 0.500 bits per heavy atom. The average Bonchev–Trinajstić information content (AvgIpc) is 3.13. The van der Waals surface area contributed by atoms with E-state index in [1.807, 2.05) is 24.3 Å². The van der Waals surface area contributed by atoms with Gasteiger partial charge in [0, 0.05) is 0 Å². The van der Waals surface area contributed by atoms with Crippen LogP contribution < -0.4 is 5.48 Å². The summed E-state index contributed by atoms with van der Waals surface area (Å²) in [6.45, 7) is 26.2. The smallest absolute Gasteiger partial charge is 0.260 e. The SMILES string of the molecule is CC(C)(C)c1ccc(C(C(=O)NOON(C(=O)C(c2ccc(C(C)(C)C)cc2)c2ccc(C(C)(C)C)cc2)C2CCCCC2)c2ccc(C(C)(C)C)cc2)cc1. The molecule has 2 amide bonds. The first-order valence-electron chi connectivity index (χ1n) is 20.5. The van der Waals surface area contributed by atoms with Gasteiger partial charge in [-0.3, -0.25) is 9.59 Å².